The van der Waals surface area contributed by atoms with Gasteiger partial charge in [0.05, 0.1) is 29.1 Å². The number of carbonyl (C=O) groups excluding carboxylic acids is 1. The van der Waals surface area contributed by atoms with Gasteiger partial charge in [-0.05, 0) is 29.8 Å². The van der Waals surface area contributed by atoms with Gasteiger partial charge in [-0.25, -0.2) is 4.98 Å². The molecular formula is C17H15N5O. The number of imidazole rings is 1. The number of rotatable bonds is 3. The number of H-pyrrole nitrogens is 1. The molecule has 2 N–H and O–H groups in total. The molecule has 0 aliphatic carbocycles. The molecule has 6 heteroatoms. The first kappa shape index (κ1) is 13.5. The van der Waals surface area contributed by atoms with Gasteiger partial charge >= 0.3 is 0 Å². The maximum atomic E-state index is 12.4. The minimum absolute atomic E-state index is 0.103. The molecule has 114 valence electrons. The Kier molecular flexibility index (Phi) is 3.08. The molecule has 0 aliphatic rings. The summed E-state index contributed by atoms with van der Waals surface area (Å²) in [6.07, 6.45) is 5.15. The summed E-state index contributed by atoms with van der Waals surface area (Å²) in [4.78, 5) is 23.8. The third-order valence-corrected chi connectivity index (χ3v) is 4.02. The van der Waals surface area contributed by atoms with Crippen LogP contribution in [0.15, 0.2) is 49.1 Å². The van der Waals surface area contributed by atoms with Gasteiger partial charge in [-0.1, -0.05) is 6.07 Å². The molecule has 0 spiro atoms. The van der Waals surface area contributed by atoms with Gasteiger partial charge in [0.15, 0.2) is 0 Å². The van der Waals surface area contributed by atoms with Gasteiger partial charge in [0, 0.05) is 25.2 Å². The van der Waals surface area contributed by atoms with Crippen LogP contribution in [0.4, 0.5) is 0 Å². The van der Waals surface area contributed by atoms with Crippen LogP contribution in [-0.2, 0) is 13.6 Å². The number of nitrogens with one attached hydrogen (secondary N) is 2. The summed E-state index contributed by atoms with van der Waals surface area (Å²) in [5.74, 6) is -0.103. The Bertz CT molecular complexity index is 1010. The summed E-state index contributed by atoms with van der Waals surface area (Å²) >= 11 is 0. The van der Waals surface area contributed by atoms with Crippen molar-refractivity contribution < 1.29 is 4.79 Å². The van der Waals surface area contributed by atoms with Gasteiger partial charge in [0.2, 0.25) is 0 Å². The van der Waals surface area contributed by atoms with E-state index < -0.39 is 0 Å². The first-order valence-electron chi connectivity index (χ1n) is 7.32. The third-order valence-electron chi connectivity index (χ3n) is 4.02. The van der Waals surface area contributed by atoms with Crippen LogP contribution >= 0.6 is 0 Å². The summed E-state index contributed by atoms with van der Waals surface area (Å²) in [7, 11) is 1.87. The van der Waals surface area contributed by atoms with E-state index in [1.54, 1.807) is 18.7 Å². The van der Waals surface area contributed by atoms with Crippen molar-refractivity contribution in [2.45, 2.75) is 6.54 Å². The predicted molar refractivity (Wildman–Crippen MR) is 88.0 cm³/mol. The lowest BCUT2D eigenvalue weighted by molar-refractivity contribution is 0.0943. The number of aromatic nitrogens is 4. The van der Waals surface area contributed by atoms with Crippen LogP contribution in [0.5, 0.6) is 0 Å². The molecule has 0 radical (unpaired) electrons. The van der Waals surface area contributed by atoms with E-state index in [0.717, 1.165) is 27.5 Å². The molecule has 0 atom stereocenters. The summed E-state index contributed by atoms with van der Waals surface area (Å²) in [6.45, 7) is 0.466. The lowest BCUT2D eigenvalue weighted by atomic mass is 10.2. The second-order valence-electron chi connectivity index (χ2n) is 5.46. The van der Waals surface area contributed by atoms with E-state index in [4.69, 9.17) is 0 Å². The summed E-state index contributed by atoms with van der Waals surface area (Å²) in [5, 5.41) is 3.97. The molecule has 0 saturated heterocycles. The highest BCUT2D eigenvalue weighted by atomic mass is 16.1. The highest BCUT2D eigenvalue weighted by Crippen LogP contribution is 2.17. The number of amides is 1. The van der Waals surface area contributed by atoms with Crippen molar-refractivity contribution in [3.8, 4) is 0 Å². The SMILES string of the molecule is Cn1c(C(=O)NCc2ccc3nc[nH]c3c2)cc2ccncc21. The molecule has 0 fully saturated rings. The molecule has 6 nitrogen and oxygen atoms in total. The highest BCUT2D eigenvalue weighted by molar-refractivity contribution is 5.98. The Labute approximate surface area is 132 Å². The van der Waals surface area contributed by atoms with E-state index in [1.165, 1.54) is 0 Å². The zero-order chi connectivity index (χ0) is 15.8. The molecule has 0 bridgehead atoms. The Balaban J connectivity index is 1.55. The van der Waals surface area contributed by atoms with Crippen molar-refractivity contribution in [3.63, 3.8) is 0 Å². The summed E-state index contributed by atoms with van der Waals surface area (Å²) < 4.78 is 1.86. The van der Waals surface area contributed by atoms with E-state index in [0.29, 0.717) is 12.2 Å². The third kappa shape index (κ3) is 2.34. The Morgan fingerprint density at radius 3 is 3.09 bits per heavy atom. The van der Waals surface area contributed by atoms with Gasteiger partial charge in [-0.2, -0.15) is 0 Å². The first-order chi connectivity index (χ1) is 11.2. The zero-order valence-electron chi connectivity index (χ0n) is 12.6. The number of hydrogen-bond donors (Lipinski definition) is 2. The molecule has 1 amide bonds. The van der Waals surface area contributed by atoms with Crippen LogP contribution in [0.25, 0.3) is 21.9 Å². The van der Waals surface area contributed by atoms with Crippen molar-refractivity contribution >= 4 is 27.8 Å². The number of aryl methyl sites for hydroxylation is 1. The lowest BCUT2D eigenvalue weighted by Crippen LogP contribution is -2.24. The molecule has 4 aromatic rings. The standard InChI is InChI=1S/C17H15N5O/c1-22-15(7-12-4-5-18-9-16(12)22)17(23)19-8-11-2-3-13-14(6-11)21-10-20-13/h2-7,9-10H,8H2,1H3,(H,19,23)(H,20,21). The van der Waals surface area contributed by atoms with Crippen LogP contribution in [0.3, 0.4) is 0 Å². The van der Waals surface area contributed by atoms with Crippen LogP contribution in [0, 0.1) is 0 Å². The van der Waals surface area contributed by atoms with E-state index in [-0.39, 0.29) is 5.91 Å². The van der Waals surface area contributed by atoms with Crippen LogP contribution < -0.4 is 5.32 Å². The van der Waals surface area contributed by atoms with Crippen molar-refractivity contribution in [3.05, 3.63) is 60.3 Å². The Morgan fingerprint density at radius 2 is 2.22 bits per heavy atom. The molecular weight excluding hydrogens is 290 g/mol. The zero-order valence-corrected chi connectivity index (χ0v) is 12.6. The van der Waals surface area contributed by atoms with E-state index >= 15 is 0 Å². The topological polar surface area (TPSA) is 75.6 Å². The number of benzene rings is 1. The second-order valence-corrected chi connectivity index (χ2v) is 5.46. The molecule has 0 aliphatic heterocycles. The van der Waals surface area contributed by atoms with Gasteiger partial charge in [0.1, 0.15) is 5.69 Å². The quantitative estimate of drug-likeness (QED) is 0.610. The predicted octanol–water partition coefficient (Wildman–Crippen LogP) is 2.38. The molecule has 0 saturated carbocycles. The van der Waals surface area contributed by atoms with Crippen molar-refractivity contribution in [2.75, 3.05) is 0 Å². The maximum absolute atomic E-state index is 12.4. The largest absolute Gasteiger partial charge is 0.347 e. The Morgan fingerprint density at radius 1 is 1.30 bits per heavy atom. The van der Waals surface area contributed by atoms with Crippen LogP contribution in [0.2, 0.25) is 0 Å². The van der Waals surface area contributed by atoms with Gasteiger partial charge < -0.3 is 14.9 Å². The number of pyridine rings is 1. The minimum Gasteiger partial charge on any atom is -0.347 e. The average Bonchev–Trinajstić information content (AvgIpc) is 3.17. The Hall–Kier alpha value is -3.15. The highest BCUT2D eigenvalue weighted by Gasteiger charge is 2.13. The van der Waals surface area contributed by atoms with Gasteiger partial charge in [-0.15, -0.1) is 0 Å². The van der Waals surface area contributed by atoms with Gasteiger partial charge in [0.25, 0.3) is 5.91 Å². The van der Waals surface area contributed by atoms with Crippen LogP contribution in [-0.4, -0.2) is 25.4 Å². The first-order valence-corrected chi connectivity index (χ1v) is 7.32. The number of hydrogen-bond acceptors (Lipinski definition) is 3. The molecule has 0 unspecified atom stereocenters. The monoisotopic (exact) mass is 305 g/mol. The summed E-state index contributed by atoms with van der Waals surface area (Å²) in [6, 6.07) is 9.68. The number of aromatic amines is 1. The maximum Gasteiger partial charge on any atom is 0.268 e. The minimum atomic E-state index is -0.103. The van der Waals surface area contributed by atoms with E-state index in [2.05, 4.69) is 20.3 Å². The smallest absolute Gasteiger partial charge is 0.268 e. The van der Waals surface area contributed by atoms with Crippen molar-refractivity contribution in [2.24, 2.45) is 7.05 Å². The van der Waals surface area contributed by atoms with Crippen molar-refractivity contribution in [1.29, 1.82) is 0 Å². The lowest BCUT2D eigenvalue weighted by Gasteiger charge is -2.07. The number of fused-ring (bicyclic) bond motifs is 2. The molecule has 1 aromatic carbocycles. The fourth-order valence-corrected chi connectivity index (χ4v) is 2.76. The number of carbonyl (C=O) groups is 1. The van der Waals surface area contributed by atoms with Crippen LogP contribution in [0.1, 0.15) is 16.1 Å². The average molecular weight is 305 g/mol. The molecule has 4 rings (SSSR count). The van der Waals surface area contributed by atoms with Crippen molar-refractivity contribution in [1.82, 2.24) is 24.8 Å². The fourth-order valence-electron chi connectivity index (χ4n) is 2.76. The fraction of sp³-hybridized carbons (Fsp3) is 0.118. The summed E-state index contributed by atoms with van der Waals surface area (Å²) in [5.41, 5.74) is 4.47. The molecule has 3 heterocycles. The molecule has 23 heavy (non-hydrogen) atoms. The van der Waals surface area contributed by atoms with E-state index in [9.17, 15) is 4.79 Å². The second kappa shape index (κ2) is 5.24. The van der Waals surface area contributed by atoms with Gasteiger partial charge in [-0.3, -0.25) is 9.78 Å². The number of nitrogens with zero attached hydrogens (tertiary/aromatic N) is 3. The normalized spacial score (nSPS) is 11.2. The van der Waals surface area contributed by atoms with E-state index in [1.807, 2.05) is 41.9 Å². The molecule has 3 aromatic heterocycles.